The van der Waals surface area contributed by atoms with Crippen molar-refractivity contribution in [3.05, 3.63) is 114 Å². The van der Waals surface area contributed by atoms with Crippen molar-refractivity contribution in [3.63, 3.8) is 0 Å². The largest absolute Gasteiger partial charge is 0.488 e. The third-order valence-electron chi connectivity index (χ3n) is 6.42. The van der Waals surface area contributed by atoms with Gasteiger partial charge in [-0.05, 0) is 52.6 Å². The van der Waals surface area contributed by atoms with Crippen LogP contribution < -0.4 is 15.4 Å². The van der Waals surface area contributed by atoms with Crippen molar-refractivity contribution >= 4 is 11.7 Å². The van der Waals surface area contributed by atoms with Gasteiger partial charge in [0.1, 0.15) is 12.4 Å². The van der Waals surface area contributed by atoms with Gasteiger partial charge in [-0.3, -0.25) is 9.88 Å². The summed E-state index contributed by atoms with van der Waals surface area (Å²) in [5.41, 5.74) is 6.17. The zero-order valence-electron chi connectivity index (χ0n) is 21.3. The van der Waals surface area contributed by atoms with Crippen LogP contribution in [-0.2, 0) is 24.4 Å². The van der Waals surface area contributed by atoms with E-state index in [2.05, 4.69) is 50.8 Å². The van der Waals surface area contributed by atoms with Gasteiger partial charge in [-0.1, -0.05) is 54.6 Å². The molecule has 2 amide bonds. The average Bonchev–Trinajstić information content (AvgIpc) is 2.97. The fourth-order valence-corrected chi connectivity index (χ4v) is 4.39. The minimum absolute atomic E-state index is 0.261. The highest BCUT2D eigenvalue weighted by molar-refractivity contribution is 5.89. The summed E-state index contributed by atoms with van der Waals surface area (Å²) in [6.07, 6.45) is 3.44. The van der Waals surface area contributed by atoms with E-state index in [0.717, 1.165) is 66.5 Å². The van der Waals surface area contributed by atoms with Crippen molar-refractivity contribution in [2.75, 3.05) is 31.6 Å². The second kappa shape index (κ2) is 12.9. The third-order valence-corrected chi connectivity index (χ3v) is 6.42. The lowest BCUT2D eigenvalue weighted by molar-refractivity contribution is 0.0342. The number of para-hydroxylation sites is 1. The van der Waals surface area contributed by atoms with E-state index in [-0.39, 0.29) is 6.03 Å². The zero-order chi connectivity index (χ0) is 26.0. The van der Waals surface area contributed by atoms with Gasteiger partial charge in [0.25, 0.3) is 0 Å². The monoisotopic (exact) mass is 508 g/mol. The van der Waals surface area contributed by atoms with Gasteiger partial charge >= 0.3 is 6.03 Å². The Morgan fingerprint density at radius 2 is 1.71 bits per heavy atom. The number of rotatable bonds is 9. The Bertz CT molecular complexity index is 1320. The first-order valence-electron chi connectivity index (χ1n) is 12.9. The minimum atomic E-state index is -0.261. The predicted molar refractivity (Wildman–Crippen MR) is 149 cm³/mol. The van der Waals surface area contributed by atoms with Crippen LogP contribution in [0.5, 0.6) is 5.75 Å². The molecule has 7 heteroatoms. The van der Waals surface area contributed by atoms with Crippen molar-refractivity contribution in [2.45, 2.75) is 19.7 Å². The molecule has 3 aromatic carbocycles. The maximum Gasteiger partial charge on any atom is 0.319 e. The van der Waals surface area contributed by atoms with Gasteiger partial charge in [0.15, 0.2) is 0 Å². The van der Waals surface area contributed by atoms with E-state index < -0.39 is 0 Å². The molecule has 2 N–H and O–H groups in total. The molecule has 5 rings (SSSR count). The van der Waals surface area contributed by atoms with Crippen LogP contribution in [0.1, 0.15) is 16.7 Å². The number of amides is 2. The van der Waals surface area contributed by atoms with E-state index in [0.29, 0.717) is 13.2 Å². The highest BCUT2D eigenvalue weighted by atomic mass is 16.5. The minimum Gasteiger partial charge on any atom is -0.488 e. The van der Waals surface area contributed by atoms with Crippen molar-refractivity contribution in [2.24, 2.45) is 0 Å². The normalized spacial score (nSPS) is 13.6. The maximum absolute atomic E-state index is 12.2. The number of carbonyl (C=O) groups excluding carboxylic acids is 1. The number of pyridine rings is 1. The molecule has 2 heterocycles. The molecule has 0 radical (unpaired) electrons. The fraction of sp³-hybridized carbons (Fsp3) is 0.226. The molecule has 1 saturated heterocycles. The number of benzene rings is 3. The molecule has 1 fully saturated rings. The first-order valence-corrected chi connectivity index (χ1v) is 12.9. The first kappa shape index (κ1) is 25.4. The Kier molecular flexibility index (Phi) is 8.61. The van der Waals surface area contributed by atoms with E-state index >= 15 is 0 Å². The molecule has 1 aliphatic heterocycles. The van der Waals surface area contributed by atoms with E-state index in [1.54, 1.807) is 12.4 Å². The van der Waals surface area contributed by atoms with Crippen LogP contribution in [0.4, 0.5) is 10.5 Å². The molecule has 1 aliphatic rings. The van der Waals surface area contributed by atoms with Crippen LogP contribution in [0.2, 0.25) is 0 Å². The van der Waals surface area contributed by atoms with E-state index in [1.165, 1.54) is 5.56 Å². The summed E-state index contributed by atoms with van der Waals surface area (Å²) in [7, 11) is 0. The molecule has 194 valence electrons. The summed E-state index contributed by atoms with van der Waals surface area (Å²) < 4.78 is 11.7. The van der Waals surface area contributed by atoms with Crippen LogP contribution in [-0.4, -0.2) is 42.2 Å². The molecule has 38 heavy (non-hydrogen) atoms. The van der Waals surface area contributed by atoms with Crippen molar-refractivity contribution in [1.29, 1.82) is 0 Å². The van der Waals surface area contributed by atoms with Gasteiger partial charge in [0, 0.05) is 49.8 Å². The Hall–Kier alpha value is -4.20. The topological polar surface area (TPSA) is 75.7 Å². The summed E-state index contributed by atoms with van der Waals surface area (Å²) in [6, 6.07) is 28.0. The Morgan fingerprint density at radius 3 is 2.53 bits per heavy atom. The number of carbonyl (C=O) groups is 1. The summed E-state index contributed by atoms with van der Waals surface area (Å²) in [4.78, 5) is 18.7. The van der Waals surface area contributed by atoms with Gasteiger partial charge in [-0.15, -0.1) is 0 Å². The Morgan fingerprint density at radius 1 is 0.895 bits per heavy atom. The lowest BCUT2D eigenvalue weighted by Crippen LogP contribution is -2.35. The van der Waals surface area contributed by atoms with Crippen LogP contribution in [0.3, 0.4) is 0 Å². The van der Waals surface area contributed by atoms with Gasteiger partial charge < -0.3 is 20.1 Å². The second-order valence-electron chi connectivity index (χ2n) is 9.24. The standard InChI is InChI=1S/C31H32N4O3/c36-31(33-21-26-6-4-14-32-20-26)34-28-12-10-24(11-13-28)23-38-30-9-2-1-8-29(30)27-7-3-5-25(19-27)22-35-15-17-37-18-16-35/h1-14,19-20H,15-18,21-23H2,(H2,33,34,36). The van der Waals surface area contributed by atoms with Crippen molar-refractivity contribution in [1.82, 2.24) is 15.2 Å². The number of aromatic nitrogens is 1. The number of ether oxygens (including phenoxy) is 2. The number of nitrogens with zero attached hydrogens (tertiary/aromatic N) is 2. The molecular formula is C31H32N4O3. The second-order valence-corrected chi connectivity index (χ2v) is 9.24. The summed E-state index contributed by atoms with van der Waals surface area (Å²) in [5, 5.41) is 5.69. The van der Waals surface area contributed by atoms with Gasteiger partial charge in [0.05, 0.1) is 13.2 Å². The molecule has 0 atom stereocenters. The fourth-order valence-electron chi connectivity index (χ4n) is 4.39. The van der Waals surface area contributed by atoms with Gasteiger partial charge in [-0.25, -0.2) is 4.79 Å². The lowest BCUT2D eigenvalue weighted by atomic mass is 10.0. The third kappa shape index (κ3) is 7.18. The average molecular weight is 509 g/mol. The number of nitrogens with one attached hydrogen (secondary N) is 2. The summed E-state index contributed by atoms with van der Waals surface area (Å²) in [6.45, 7) is 5.30. The van der Waals surface area contributed by atoms with E-state index in [9.17, 15) is 4.79 Å². The van der Waals surface area contributed by atoms with E-state index in [4.69, 9.17) is 9.47 Å². The molecule has 4 aromatic rings. The maximum atomic E-state index is 12.2. The first-order chi connectivity index (χ1) is 18.7. The highest BCUT2D eigenvalue weighted by Gasteiger charge is 2.12. The number of urea groups is 1. The van der Waals surface area contributed by atoms with Crippen molar-refractivity contribution in [3.8, 4) is 16.9 Å². The van der Waals surface area contributed by atoms with Crippen LogP contribution in [0.25, 0.3) is 11.1 Å². The van der Waals surface area contributed by atoms with Crippen LogP contribution in [0.15, 0.2) is 97.3 Å². The van der Waals surface area contributed by atoms with Crippen LogP contribution >= 0.6 is 0 Å². The Balaban J connectivity index is 1.17. The van der Waals surface area contributed by atoms with Gasteiger partial charge in [-0.2, -0.15) is 0 Å². The predicted octanol–water partition coefficient (Wildman–Crippen LogP) is 5.48. The Labute approximate surface area is 223 Å². The van der Waals surface area contributed by atoms with E-state index in [1.807, 2.05) is 54.6 Å². The number of anilines is 1. The quantitative estimate of drug-likeness (QED) is 0.313. The van der Waals surface area contributed by atoms with Gasteiger partial charge in [0.2, 0.25) is 0 Å². The number of hydrogen-bond donors (Lipinski definition) is 2. The summed E-state index contributed by atoms with van der Waals surface area (Å²) in [5.74, 6) is 0.841. The number of morpholine rings is 1. The van der Waals surface area contributed by atoms with Crippen LogP contribution in [0, 0.1) is 0 Å². The molecule has 0 spiro atoms. The lowest BCUT2D eigenvalue weighted by Gasteiger charge is -2.26. The molecule has 1 aromatic heterocycles. The van der Waals surface area contributed by atoms with Crippen molar-refractivity contribution < 1.29 is 14.3 Å². The number of hydrogen-bond acceptors (Lipinski definition) is 5. The highest BCUT2D eigenvalue weighted by Crippen LogP contribution is 2.31. The zero-order valence-corrected chi connectivity index (χ0v) is 21.3. The smallest absolute Gasteiger partial charge is 0.319 e. The summed E-state index contributed by atoms with van der Waals surface area (Å²) >= 11 is 0. The molecule has 0 unspecified atom stereocenters. The molecule has 7 nitrogen and oxygen atoms in total. The molecular weight excluding hydrogens is 476 g/mol. The molecule has 0 bridgehead atoms. The molecule has 0 aliphatic carbocycles. The SMILES string of the molecule is O=C(NCc1cccnc1)Nc1ccc(COc2ccccc2-c2cccc(CN3CCOCC3)c2)cc1. The molecule has 0 saturated carbocycles.